The van der Waals surface area contributed by atoms with Crippen LogP contribution in [0.5, 0.6) is 5.75 Å². The Balaban J connectivity index is 2.22. The highest BCUT2D eigenvalue weighted by molar-refractivity contribution is 5.96. The maximum atomic E-state index is 13.7. The van der Waals surface area contributed by atoms with Crippen LogP contribution in [0, 0.1) is 17.1 Å². The lowest BCUT2D eigenvalue weighted by atomic mass is 10.1. The molecule has 106 valence electrons. The van der Waals surface area contributed by atoms with E-state index in [0.29, 0.717) is 5.69 Å². The second-order valence-electron chi connectivity index (χ2n) is 4.33. The van der Waals surface area contributed by atoms with Crippen molar-refractivity contribution in [3.8, 4) is 11.8 Å². The van der Waals surface area contributed by atoms with Gasteiger partial charge in [-0.25, -0.2) is 4.39 Å². The van der Waals surface area contributed by atoms with Crippen LogP contribution in [-0.4, -0.2) is 5.91 Å². The third-order valence-corrected chi connectivity index (χ3v) is 2.84. The molecule has 0 saturated carbocycles. The molecule has 0 aliphatic rings. The molecule has 0 unspecified atom stereocenters. The van der Waals surface area contributed by atoms with Gasteiger partial charge in [0.15, 0.2) is 0 Å². The molecule has 21 heavy (non-hydrogen) atoms. The number of nitrogen functional groups attached to an aromatic ring is 1. The number of halogens is 1. The summed E-state index contributed by atoms with van der Waals surface area (Å²) < 4.78 is 19.1. The van der Waals surface area contributed by atoms with Gasteiger partial charge in [-0.2, -0.15) is 5.26 Å². The number of hydrogen-bond acceptors (Lipinski definition) is 4. The average Bonchev–Trinajstić information content (AvgIpc) is 2.45. The normalized spacial score (nSPS) is 9.90. The van der Waals surface area contributed by atoms with Crippen molar-refractivity contribution >= 4 is 11.6 Å². The van der Waals surface area contributed by atoms with Gasteiger partial charge in [-0.3, -0.25) is 4.79 Å². The third-order valence-electron chi connectivity index (χ3n) is 2.84. The van der Waals surface area contributed by atoms with Gasteiger partial charge in [0, 0.05) is 17.3 Å². The molecular formula is C15H12FN3O2. The number of nitriles is 1. The van der Waals surface area contributed by atoms with Crippen LogP contribution in [0.3, 0.4) is 0 Å². The predicted octanol–water partition coefficient (Wildman–Crippen LogP) is 1.96. The lowest BCUT2D eigenvalue weighted by Crippen LogP contribution is -2.13. The molecule has 0 spiro atoms. The predicted molar refractivity (Wildman–Crippen MR) is 74.8 cm³/mol. The number of hydrogen-bond donors (Lipinski definition) is 2. The molecule has 4 N–H and O–H groups in total. The van der Waals surface area contributed by atoms with E-state index >= 15 is 0 Å². The number of amides is 1. The van der Waals surface area contributed by atoms with Crippen molar-refractivity contribution in [1.82, 2.24) is 0 Å². The van der Waals surface area contributed by atoms with Crippen LogP contribution < -0.4 is 16.2 Å². The molecule has 0 saturated heterocycles. The Kier molecular flexibility index (Phi) is 4.05. The van der Waals surface area contributed by atoms with Crippen LogP contribution >= 0.6 is 0 Å². The zero-order chi connectivity index (χ0) is 15.4. The summed E-state index contributed by atoms with van der Waals surface area (Å²) in [6.45, 7) is -0.110. The summed E-state index contributed by atoms with van der Waals surface area (Å²) in [4.78, 5) is 11.3. The molecule has 0 fully saturated rings. The average molecular weight is 285 g/mol. The van der Waals surface area contributed by atoms with Crippen LogP contribution in [0.1, 0.15) is 21.5 Å². The smallest absolute Gasteiger partial charge is 0.252 e. The number of carbonyl (C=O) groups is 1. The van der Waals surface area contributed by atoms with Crippen molar-refractivity contribution in [1.29, 1.82) is 5.26 Å². The molecule has 6 heteroatoms. The van der Waals surface area contributed by atoms with Crippen molar-refractivity contribution in [2.45, 2.75) is 6.61 Å². The molecular weight excluding hydrogens is 273 g/mol. The number of primary amides is 1. The fourth-order valence-corrected chi connectivity index (χ4v) is 1.75. The first-order valence-electron chi connectivity index (χ1n) is 6.02. The number of carbonyl (C=O) groups excluding carboxylic acids is 1. The van der Waals surface area contributed by atoms with Crippen LogP contribution in [0.15, 0.2) is 36.4 Å². The topological polar surface area (TPSA) is 102 Å². The minimum atomic E-state index is -0.662. The fourth-order valence-electron chi connectivity index (χ4n) is 1.75. The summed E-state index contributed by atoms with van der Waals surface area (Å²) in [5.41, 5.74) is 11.9. The molecule has 2 rings (SSSR count). The highest BCUT2D eigenvalue weighted by Gasteiger charge is 2.11. The Morgan fingerprint density at radius 3 is 2.67 bits per heavy atom. The summed E-state index contributed by atoms with van der Waals surface area (Å²) in [6.07, 6.45) is 0. The Morgan fingerprint density at radius 2 is 2.05 bits per heavy atom. The standard InChI is InChI=1S/C15H12FN3O2/c16-13-5-9(7-17)1-2-10(13)8-21-14-6-11(18)3-4-12(14)15(19)20/h1-6H,8,18H2,(H2,19,20). The first kappa shape index (κ1) is 14.3. The van der Waals surface area contributed by atoms with Crippen LogP contribution in [0.4, 0.5) is 10.1 Å². The molecule has 1 amide bonds. The Labute approximate surface area is 120 Å². The van der Waals surface area contributed by atoms with Gasteiger partial charge in [0.05, 0.1) is 17.2 Å². The molecule has 0 radical (unpaired) electrons. The second-order valence-corrected chi connectivity index (χ2v) is 4.33. The summed E-state index contributed by atoms with van der Waals surface area (Å²) >= 11 is 0. The minimum absolute atomic E-state index is 0.110. The van der Waals surface area contributed by atoms with Gasteiger partial charge in [0.1, 0.15) is 18.2 Å². The van der Waals surface area contributed by atoms with E-state index in [4.69, 9.17) is 21.5 Å². The number of nitrogens with two attached hydrogens (primary N) is 2. The number of rotatable bonds is 4. The zero-order valence-corrected chi connectivity index (χ0v) is 11.0. The summed E-state index contributed by atoms with van der Waals surface area (Å²) in [5.74, 6) is -1.03. The maximum absolute atomic E-state index is 13.7. The lowest BCUT2D eigenvalue weighted by Gasteiger charge is -2.11. The van der Waals surface area contributed by atoms with Gasteiger partial charge in [0.25, 0.3) is 5.91 Å². The minimum Gasteiger partial charge on any atom is -0.488 e. The number of nitrogens with zero attached hydrogens (tertiary/aromatic N) is 1. The van der Waals surface area contributed by atoms with Gasteiger partial charge in [-0.1, -0.05) is 6.07 Å². The highest BCUT2D eigenvalue weighted by atomic mass is 19.1. The van der Waals surface area contributed by atoms with E-state index in [9.17, 15) is 9.18 Å². The number of anilines is 1. The van der Waals surface area contributed by atoms with E-state index < -0.39 is 11.7 Å². The second kappa shape index (κ2) is 5.92. The van der Waals surface area contributed by atoms with E-state index in [1.54, 1.807) is 0 Å². The quantitative estimate of drug-likeness (QED) is 0.838. The van der Waals surface area contributed by atoms with Crippen LogP contribution in [-0.2, 0) is 6.61 Å². The van der Waals surface area contributed by atoms with E-state index in [1.807, 2.05) is 6.07 Å². The number of ether oxygens (including phenoxy) is 1. The molecule has 0 aliphatic carbocycles. The molecule has 0 bridgehead atoms. The molecule has 2 aromatic carbocycles. The first-order chi connectivity index (χ1) is 10.0. The maximum Gasteiger partial charge on any atom is 0.252 e. The highest BCUT2D eigenvalue weighted by Crippen LogP contribution is 2.23. The van der Waals surface area contributed by atoms with E-state index in [0.717, 1.165) is 6.07 Å². The number of benzene rings is 2. The van der Waals surface area contributed by atoms with Crippen LogP contribution in [0.25, 0.3) is 0 Å². The lowest BCUT2D eigenvalue weighted by molar-refractivity contribution is 0.0996. The van der Waals surface area contributed by atoms with Crippen molar-refractivity contribution in [3.05, 3.63) is 58.9 Å². The first-order valence-corrected chi connectivity index (χ1v) is 6.02. The fraction of sp³-hybridized carbons (Fsp3) is 0.0667. The Morgan fingerprint density at radius 1 is 1.29 bits per heavy atom. The van der Waals surface area contributed by atoms with Gasteiger partial charge in [-0.05, 0) is 24.3 Å². The Bertz CT molecular complexity index is 738. The zero-order valence-electron chi connectivity index (χ0n) is 11.0. The summed E-state index contributed by atoms with van der Waals surface area (Å²) in [7, 11) is 0. The van der Waals surface area contributed by atoms with E-state index in [1.165, 1.54) is 30.3 Å². The largest absolute Gasteiger partial charge is 0.488 e. The molecule has 0 heterocycles. The molecule has 0 aromatic heterocycles. The third kappa shape index (κ3) is 3.28. The van der Waals surface area contributed by atoms with Crippen molar-refractivity contribution in [3.63, 3.8) is 0 Å². The van der Waals surface area contributed by atoms with Gasteiger partial charge < -0.3 is 16.2 Å². The summed E-state index contributed by atoms with van der Waals surface area (Å²) in [6, 6.07) is 10.3. The van der Waals surface area contributed by atoms with Crippen molar-refractivity contribution < 1.29 is 13.9 Å². The SMILES string of the molecule is N#Cc1ccc(COc2cc(N)ccc2C(N)=O)c(F)c1. The molecule has 0 aliphatic heterocycles. The van der Waals surface area contributed by atoms with Crippen molar-refractivity contribution in [2.24, 2.45) is 5.73 Å². The molecule has 2 aromatic rings. The van der Waals surface area contributed by atoms with Crippen LogP contribution in [0.2, 0.25) is 0 Å². The van der Waals surface area contributed by atoms with Gasteiger partial charge in [0.2, 0.25) is 0 Å². The van der Waals surface area contributed by atoms with E-state index in [2.05, 4.69) is 0 Å². The molecule has 0 atom stereocenters. The molecule has 5 nitrogen and oxygen atoms in total. The summed E-state index contributed by atoms with van der Waals surface area (Å²) in [5, 5.41) is 8.68. The van der Waals surface area contributed by atoms with E-state index in [-0.39, 0.29) is 29.0 Å². The van der Waals surface area contributed by atoms with Crippen molar-refractivity contribution in [2.75, 3.05) is 5.73 Å². The Hall–Kier alpha value is -3.07. The monoisotopic (exact) mass is 285 g/mol. The van der Waals surface area contributed by atoms with Gasteiger partial charge in [-0.15, -0.1) is 0 Å². The van der Waals surface area contributed by atoms with Gasteiger partial charge >= 0.3 is 0 Å².